The maximum atomic E-state index is 3.95. The predicted octanol–water partition coefficient (Wildman–Crippen LogP) is 10.9. The van der Waals surface area contributed by atoms with Crippen molar-refractivity contribution in [3.63, 3.8) is 0 Å². The van der Waals surface area contributed by atoms with Crippen LogP contribution < -0.4 is 0 Å². The van der Waals surface area contributed by atoms with Gasteiger partial charge < -0.3 is 0 Å². The Kier molecular flexibility index (Phi) is 23.2. The van der Waals surface area contributed by atoms with Crippen molar-refractivity contribution in [1.82, 2.24) is 0 Å². The molecule has 0 nitrogen and oxygen atoms in total. The molecule has 2 radical (unpaired) electrons. The van der Waals surface area contributed by atoms with Crippen LogP contribution in [0, 0.1) is 31.6 Å². The monoisotopic (exact) mass is 418 g/mol. The van der Waals surface area contributed by atoms with Gasteiger partial charge in [0.2, 0.25) is 0 Å². The first kappa shape index (κ1) is 29.7. The summed E-state index contributed by atoms with van der Waals surface area (Å²) in [7, 11) is 0. The molecule has 30 heavy (non-hydrogen) atoms. The summed E-state index contributed by atoms with van der Waals surface area (Å²) >= 11 is 0. The zero-order valence-electron chi connectivity index (χ0n) is 21.4. The van der Waals surface area contributed by atoms with E-state index in [1.54, 1.807) is 0 Å². The standard InChI is InChI=1S/C30H58/c1-6-8-22-28(3)24-18-15-13-11-10-12-14-16-19-25-30(5)27-21-17-20-26-29(4)23-9-7-2/h14,16,28-30H,1-2,6-13,15,17-27H2,3-5H3. The van der Waals surface area contributed by atoms with Gasteiger partial charge in [0, 0.05) is 0 Å². The molecule has 0 N–H and O–H groups in total. The number of hydrogen-bond acceptors (Lipinski definition) is 0. The highest BCUT2D eigenvalue weighted by atomic mass is 14.1. The Morgan fingerprint density at radius 2 is 0.800 bits per heavy atom. The van der Waals surface area contributed by atoms with Crippen molar-refractivity contribution in [3.05, 3.63) is 26.0 Å². The zero-order valence-corrected chi connectivity index (χ0v) is 21.4. The molecular weight excluding hydrogens is 360 g/mol. The number of allylic oxidation sites excluding steroid dienone is 2. The topological polar surface area (TPSA) is 0 Å². The number of unbranched alkanes of at least 4 members (excludes halogenated alkanes) is 9. The quantitative estimate of drug-likeness (QED) is 0.114. The fraction of sp³-hybridized carbons (Fsp3) is 0.867. The van der Waals surface area contributed by atoms with Crippen molar-refractivity contribution >= 4 is 0 Å². The van der Waals surface area contributed by atoms with E-state index in [9.17, 15) is 0 Å². The van der Waals surface area contributed by atoms with Crippen molar-refractivity contribution < 1.29 is 0 Å². The van der Waals surface area contributed by atoms with Crippen LogP contribution in [0.2, 0.25) is 0 Å². The Labute approximate surface area is 193 Å². The summed E-state index contributed by atoms with van der Waals surface area (Å²) in [6.45, 7) is 15.2. The van der Waals surface area contributed by atoms with Crippen LogP contribution in [0.3, 0.4) is 0 Å². The van der Waals surface area contributed by atoms with Crippen molar-refractivity contribution in [2.45, 2.75) is 149 Å². The Bertz CT molecular complexity index is 342. The second kappa shape index (κ2) is 23.4. The van der Waals surface area contributed by atoms with Crippen LogP contribution in [0.5, 0.6) is 0 Å². The largest absolute Gasteiger partial charge is 0.0885 e. The average molecular weight is 419 g/mol. The maximum Gasteiger partial charge on any atom is -0.0348 e. The minimum atomic E-state index is 0.897. The van der Waals surface area contributed by atoms with Gasteiger partial charge in [-0.2, -0.15) is 0 Å². The van der Waals surface area contributed by atoms with Crippen LogP contribution >= 0.6 is 0 Å². The maximum absolute atomic E-state index is 3.95. The lowest BCUT2D eigenvalue weighted by Crippen LogP contribution is -1.96. The predicted molar refractivity (Wildman–Crippen MR) is 140 cm³/mol. The Morgan fingerprint density at radius 3 is 1.33 bits per heavy atom. The van der Waals surface area contributed by atoms with Crippen LogP contribution in [0.1, 0.15) is 149 Å². The molecule has 3 atom stereocenters. The molecule has 0 aromatic heterocycles. The van der Waals surface area contributed by atoms with E-state index in [4.69, 9.17) is 0 Å². The lowest BCUT2D eigenvalue weighted by Gasteiger charge is -2.12. The lowest BCUT2D eigenvalue weighted by molar-refractivity contribution is 0.423. The summed E-state index contributed by atoms with van der Waals surface area (Å²) < 4.78 is 0. The minimum Gasteiger partial charge on any atom is -0.0885 e. The third kappa shape index (κ3) is 22.4. The molecule has 178 valence electrons. The van der Waals surface area contributed by atoms with E-state index in [1.165, 1.54) is 116 Å². The smallest absolute Gasteiger partial charge is 0.0348 e. The Balaban J connectivity index is 3.35. The highest BCUT2D eigenvalue weighted by Crippen LogP contribution is 2.20. The molecule has 0 rings (SSSR count). The third-order valence-electron chi connectivity index (χ3n) is 6.85. The van der Waals surface area contributed by atoms with Crippen LogP contribution in [-0.4, -0.2) is 0 Å². The van der Waals surface area contributed by atoms with Crippen LogP contribution in [0.4, 0.5) is 0 Å². The molecule has 0 aromatic carbocycles. The second-order valence-electron chi connectivity index (χ2n) is 10.3. The fourth-order valence-corrected chi connectivity index (χ4v) is 4.48. The molecule has 0 aliphatic heterocycles. The molecule has 0 spiro atoms. The first-order chi connectivity index (χ1) is 14.6. The molecule has 0 fully saturated rings. The molecular formula is C30H58. The van der Waals surface area contributed by atoms with E-state index in [-0.39, 0.29) is 0 Å². The van der Waals surface area contributed by atoms with Crippen molar-refractivity contribution in [2.75, 3.05) is 0 Å². The number of hydrogen-bond donors (Lipinski definition) is 0. The summed E-state index contributed by atoms with van der Waals surface area (Å²) in [6, 6.07) is 0. The molecule has 0 bridgehead atoms. The molecule has 0 aliphatic carbocycles. The van der Waals surface area contributed by atoms with Gasteiger partial charge in [0.05, 0.1) is 0 Å². The summed E-state index contributed by atoms with van der Waals surface area (Å²) in [5.74, 6) is 2.72. The van der Waals surface area contributed by atoms with Crippen LogP contribution in [0.15, 0.2) is 12.2 Å². The molecule has 0 aliphatic rings. The number of rotatable bonds is 23. The van der Waals surface area contributed by atoms with Crippen LogP contribution in [-0.2, 0) is 0 Å². The van der Waals surface area contributed by atoms with Gasteiger partial charge in [-0.1, -0.05) is 150 Å². The van der Waals surface area contributed by atoms with Gasteiger partial charge in [-0.3, -0.25) is 0 Å². The fourth-order valence-electron chi connectivity index (χ4n) is 4.48. The normalized spacial score (nSPS) is 15.0. The summed E-state index contributed by atoms with van der Waals surface area (Å²) in [4.78, 5) is 0. The summed E-state index contributed by atoms with van der Waals surface area (Å²) in [5, 5.41) is 0. The van der Waals surface area contributed by atoms with Crippen molar-refractivity contribution in [1.29, 1.82) is 0 Å². The average Bonchev–Trinajstić information content (AvgIpc) is 2.74. The lowest BCUT2D eigenvalue weighted by atomic mass is 9.94. The first-order valence-corrected chi connectivity index (χ1v) is 13.8. The molecule has 0 heteroatoms. The third-order valence-corrected chi connectivity index (χ3v) is 6.85. The second-order valence-corrected chi connectivity index (χ2v) is 10.3. The highest BCUT2D eigenvalue weighted by molar-refractivity contribution is 4.82. The molecule has 0 amide bonds. The van der Waals surface area contributed by atoms with Crippen LogP contribution in [0.25, 0.3) is 0 Å². The SMILES string of the molecule is [CH2]CCCC(C)CCCCCCCC=CCCC(C)CCCCCC(C)CCC[CH2]. The zero-order chi connectivity index (χ0) is 22.3. The minimum absolute atomic E-state index is 0.897. The van der Waals surface area contributed by atoms with Crippen molar-refractivity contribution in [3.8, 4) is 0 Å². The molecule has 0 saturated heterocycles. The van der Waals surface area contributed by atoms with E-state index in [1.807, 2.05) is 0 Å². The van der Waals surface area contributed by atoms with E-state index in [2.05, 4.69) is 46.8 Å². The molecule has 0 heterocycles. The first-order valence-electron chi connectivity index (χ1n) is 13.8. The van der Waals surface area contributed by atoms with Gasteiger partial charge in [-0.25, -0.2) is 0 Å². The van der Waals surface area contributed by atoms with E-state index < -0.39 is 0 Å². The van der Waals surface area contributed by atoms with Gasteiger partial charge in [-0.05, 0) is 43.4 Å². The van der Waals surface area contributed by atoms with E-state index >= 15 is 0 Å². The van der Waals surface area contributed by atoms with E-state index in [0.717, 1.165) is 30.6 Å². The molecule has 0 aromatic rings. The summed E-state index contributed by atoms with van der Waals surface area (Å²) in [6.07, 6.45) is 32.1. The van der Waals surface area contributed by atoms with Gasteiger partial charge in [0.1, 0.15) is 0 Å². The Hall–Kier alpha value is -0.260. The molecule has 0 saturated carbocycles. The van der Waals surface area contributed by atoms with Gasteiger partial charge in [0.15, 0.2) is 0 Å². The van der Waals surface area contributed by atoms with E-state index in [0.29, 0.717) is 0 Å². The summed E-state index contributed by atoms with van der Waals surface area (Å²) in [5.41, 5.74) is 0. The van der Waals surface area contributed by atoms with Crippen molar-refractivity contribution in [2.24, 2.45) is 17.8 Å². The van der Waals surface area contributed by atoms with Gasteiger partial charge >= 0.3 is 0 Å². The highest BCUT2D eigenvalue weighted by Gasteiger charge is 2.04. The van der Waals surface area contributed by atoms with Gasteiger partial charge in [0.25, 0.3) is 0 Å². The Morgan fingerprint density at radius 1 is 0.433 bits per heavy atom. The van der Waals surface area contributed by atoms with Gasteiger partial charge in [-0.15, -0.1) is 0 Å². The molecule has 3 unspecified atom stereocenters.